The van der Waals surface area contributed by atoms with Gasteiger partial charge in [-0.25, -0.2) is 9.37 Å². The highest BCUT2D eigenvalue weighted by Crippen LogP contribution is 2.40. The van der Waals surface area contributed by atoms with E-state index in [0.717, 1.165) is 55.1 Å². The molecule has 0 saturated heterocycles. The minimum Gasteiger partial charge on any atom is -0.439 e. The van der Waals surface area contributed by atoms with Gasteiger partial charge in [0, 0.05) is 34.0 Å². The number of ether oxygens (including phenoxy) is 1. The van der Waals surface area contributed by atoms with Gasteiger partial charge in [0.1, 0.15) is 11.6 Å². The molecule has 0 atom stereocenters. The Labute approximate surface area is 265 Å². The van der Waals surface area contributed by atoms with Crippen molar-refractivity contribution in [2.45, 2.75) is 19.3 Å². The number of halogens is 1. The van der Waals surface area contributed by atoms with Crippen molar-refractivity contribution in [2.75, 3.05) is 0 Å². The lowest BCUT2D eigenvalue weighted by molar-refractivity contribution is 0.460. The molecule has 3 heterocycles. The first-order valence-corrected chi connectivity index (χ1v) is 15.2. The number of fused-ring (bicyclic) bond motifs is 6. The molecule has 8 rings (SSSR count). The number of hydrogen-bond donors (Lipinski definition) is 0. The smallest absolute Gasteiger partial charge is 0.219 e. The van der Waals surface area contributed by atoms with E-state index < -0.39 is 5.41 Å². The van der Waals surface area contributed by atoms with Crippen molar-refractivity contribution in [2.24, 2.45) is 0 Å². The summed E-state index contributed by atoms with van der Waals surface area (Å²) >= 11 is 0. The third-order valence-corrected chi connectivity index (χ3v) is 8.80. The molecule has 6 heteroatoms. The SMILES string of the molecule is CC(C)(c1cccc(Oc2ccccn2)c1)c1ccc2c3cc(F)ccc3n3c(-c4ccccc4-c4ccccc4)nnc3c2c1. The molecule has 0 saturated carbocycles. The average Bonchev–Trinajstić information content (AvgIpc) is 3.54. The molecule has 0 N–H and O–H groups in total. The molecular formula is C40H29FN4O. The molecule has 0 spiro atoms. The van der Waals surface area contributed by atoms with E-state index in [9.17, 15) is 4.39 Å². The molecule has 0 amide bonds. The van der Waals surface area contributed by atoms with Gasteiger partial charge in [-0.15, -0.1) is 10.2 Å². The summed E-state index contributed by atoms with van der Waals surface area (Å²) in [5.74, 6) is 1.67. The number of pyridine rings is 2. The lowest BCUT2D eigenvalue weighted by Gasteiger charge is -2.27. The predicted molar refractivity (Wildman–Crippen MR) is 182 cm³/mol. The Morgan fingerprint density at radius 2 is 1.41 bits per heavy atom. The summed E-state index contributed by atoms with van der Waals surface area (Å²) < 4.78 is 22.9. The highest BCUT2D eigenvalue weighted by molar-refractivity contribution is 6.12. The molecule has 3 aromatic heterocycles. The first kappa shape index (κ1) is 27.7. The quantitative estimate of drug-likeness (QED) is 0.178. The minimum absolute atomic E-state index is 0.290. The molecule has 0 fully saturated rings. The Morgan fingerprint density at radius 1 is 0.630 bits per heavy atom. The van der Waals surface area contributed by atoms with Crippen molar-refractivity contribution in [1.29, 1.82) is 0 Å². The van der Waals surface area contributed by atoms with Gasteiger partial charge in [0.05, 0.1) is 5.52 Å². The first-order valence-electron chi connectivity index (χ1n) is 15.2. The fourth-order valence-corrected chi connectivity index (χ4v) is 6.32. The van der Waals surface area contributed by atoms with Crippen LogP contribution in [0.4, 0.5) is 4.39 Å². The lowest BCUT2D eigenvalue weighted by atomic mass is 9.77. The van der Waals surface area contributed by atoms with Crippen molar-refractivity contribution in [3.63, 3.8) is 0 Å². The molecule has 0 unspecified atom stereocenters. The van der Waals surface area contributed by atoms with Crippen molar-refractivity contribution in [1.82, 2.24) is 19.6 Å². The van der Waals surface area contributed by atoms with Gasteiger partial charge < -0.3 is 4.74 Å². The van der Waals surface area contributed by atoms with E-state index in [-0.39, 0.29) is 5.82 Å². The normalized spacial score (nSPS) is 11.8. The number of aromatic nitrogens is 4. The molecule has 0 aliphatic carbocycles. The topological polar surface area (TPSA) is 52.3 Å². The summed E-state index contributed by atoms with van der Waals surface area (Å²) in [4.78, 5) is 4.30. The largest absolute Gasteiger partial charge is 0.439 e. The summed E-state index contributed by atoms with van der Waals surface area (Å²) in [5, 5.41) is 12.2. The Balaban J connectivity index is 1.32. The van der Waals surface area contributed by atoms with E-state index in [2.05, 4.69) is 77.8 Å². The second-order valence-corrected chi connectivity index (χ2v) is 11.9. The second-order valence-electron chi connectivity index (χ2n) is 11.9. The Morgan fingerprint density at radius 3 is 2.24 bits per heavy atom. The van der Waals surface area contributed by atoms with Crippen molar-refractivity contribution in [3.8, 4) is 34.1 Å². The zero-order valence-corrected chi connectivity index (χ0v) is 25.4. The zero-order chi connectivity index (χ0) is 31.3. The lowest BCUT2D eigenvalue weighted by Crippen LogP contribution is -2.19. The van der Waals surface area contributed by atoms with Gasteiger partial charge in [-0.3, -0.25) is 4.40 Å². The maximum Gasteiger partial charge on any atom is 0.219 e. The molecule has 5 aromatic carbocycles. The van der Waals surface area contributed by atoms with Crippen LogP contribution < -0.4 is 4.74 Å². The van der Waals surface area contributed by atoms with Crippen LogP contribution in [0.25, 0.3) is 49.8 Å². The summed E-state index contributed by atoms with van der Waals surface area (Å²) in [6, 6.07) is 43.5. The fourth-order valence-electron chi connectivity index (χ4n) is 6.32. The third kappa shape index (κ3) is 4.66. The molecule has 5 nitrogen and oxygen atoms in total. The minimum atomic E-state index is -0.395. The molecule has 0 radical (unpaired) electrons. The molecule has 46 heavy (non-hydrogen) atoms. The molecule has 0 aliphatic heterocycles. The van der Waals surface area contributed by atoms with Gasteiger partial charge in [-0.05, 0) is 70.1 Å². The molecule has 0 aliphatic rings. The Bertz CT molecular complexity index is 2380. The van der Waals surface area contributed by atoms with Gasteiger partial charge in [0.2, 0.25) is 5.88 Å². The van der Waals surface area contributed by atoms with Gasteiger partial charge >= 0.3 is 0 Å². The van der Waals surface area contributed by atoms with Crippen LogP contribution in [0, 0.1) is 5.82 Å². The van der Waals surface area contributed by atoms with Crippen molar-refractivity contribution >= 4 is 27.3 Å². The van der Waals surface area contributed by atoms with Crippen LogP contribution in [0.2, 0.25) is 0 Å². The Hall–Kier alpha value is -5.88. The number of nitrogens with zero attached hydrogens (tertiary/aromatic N) is 4. The van der Waals surface area contributed by atoms with Gasteiger partial charge in [0.15, 0.2) is 11.5 Å². The van der Waals surface area contributed by atoms with E-state index in [1.54, 1.807) is 12.3 Å². The van der Waals surface area contributed by atoms with Crippen LogP contribution >= 0.6 is 0 Å². The second kappa shape index (κ2) is 10.9. The highest BCUT2D eigenvalue weighted by atomic mass is 19.1. The molecule has 222 valence electrons. The van der Waals surface area contributed by atoms with Crippen LogP contribution in [0.15, 0.2) is 140 Å². The third-order valence-electron chi connectivity index (χ3n) is 8.80. The van der Waals surface area contributed by atoms with E-state index in [4.69, 9.17) is 14.9 Å². The number of rotatable bonds is 6. The molecule has 8 aromatic rings. The Kier molecular flexibility index (Phi) is 6.57. The van der Waals surface area contributed by atoms with E-state index in [0.29, 0.717) is 17.5 Å². The van der Waals surface area contributed by atoms with Crippen LogP contribution in [-0.2, 0) is 5.41 Å². The average molecular weight is 601 g/mol. The van der Waals surface area contributed by atoms with Crippen molar-refractivity contribution < 1.29 is 9.13 Å². The van der Waals surface area contributed by atoms with Crippen LogP contribution in [0.3, 0.4) is 0 Å². The summed E-state index contributed by atoms with van der Waals surface area (Å²) in [6.45, 7) is 4.38. The standard InChI is InChI=1S/C40H29FN4O/c1-40(2,27-13-10-14-30(23-27)46-37-17-8-9-22-42-37)28-18-20-32-34-25-29(41)19-21-36(34)45-38(43-44-39(45)35(32)24-28)33-16-7-6-15-31(33)26-11-4-3-5-12-26/h3-25H,1-2H3. The van der Waals surface area contributed by atoms with Crippen LogP contribution in [0.5, 0.6) is 11.6 Å². The van der Waals surface area contributed by atoms with Crippen molar-refractivity contribution in [3.05, 3.63) is 157 Å². The summed E-state index contributed by atoms with van der Waals surface area (Å²) in [5.41, 5.74) is 6.43. The number of benzene rings is 5. The predicted octanol–water partition coefficient (Wildman–Crippen LogP) is 10.0. The van der Waals surface area contributed by atoms with Crippen LogP contribution in [-0.4, -0.2) is 19.6 Å². The summed E-state index contributed by atoms with van der Waals surface area (Å²) in [7, 11) is 0. The van der Waals surface area contributed by atoms with Gasteiger partial charge in [-0.2, -0.15) is 0 Å². The van der Waals surface area contributed by atoms with E-state index in [1.807, 2.05) is 66.7 Å². The van der Waals surface area contributed by atoms with Gasteiger partial charge in [0.25, 0.3) is 0 Å². The summed E-state index contributed by atoms with van der Waals surface area (Å²) in [6.07, 6.45) is 1.71. The highest BCUT2D eigenvalue weighted by Gasteiger charge is 2.26. The monoisotopic (exact) mass is 600 g/mol. The van der Waals surface area contributed by atoms with Gasteiger partial charge in [-0.1, -0.05) is 98.8 Å². The van der Waals surface area contributed by atoms with Crippen LogP contribution in [0.1, 0.15) is 25.0 Å². The fraction of sp³-hybridized carbons (Fsp3) is 0.0750. The number of hydrogen-bond acceptors (Lipinski definition) is 4. The molecular weight excluding hydrogens is 571 g/mol. The maximum absolute atomic E-state index is 14.8. The molecule has 0 bridgehead atoms. The van der Waals surface area contributed by atoms with E-state index >= 15 is 0 Å². The van der Waals surface area contributed by atoms with E-state index in [1.165, 1.54) is 6.07 Å². The zero-order valence-electron chi connectivity index (χ0n) is 25.4. The first-order chi connectivity index (χ1) is 22.5. The maximum atomic E-state index is 14.8.